The van der Waals surface area contributed by atoms with E-state index in [1.54, 1.807) is 13.2 Å². The molecule has 1 heterocycles. The van der Waals surface area contributed by atoms with Gasteiger partial charge in [0.2, 0.25) is 0 Å². The predicted molar refractivity (Wildman–Crippen MR) is 59.2 cm³/mol. The number of ether oxygens (including phenoxy) is 1. The van der Waals surface area contributed by atoms with Crippen LogP contribution in [0.5, 0.6) is 0 Å². The van der Waals surface area contributed by atoms with Crippen LogP contribution in [0.2, 0.25) is 0 Å². The lowest BCUT2D eigenvalue weighted by Gasteiger charge is -2.07. The monoisotopic (exact) mass is 245 g/mol. The van der Waals surface area contributed by atoms with Crippen LogP contribution < -0.4 is 0 Å². The van der Waals surface area contributed by atoms with Crippen LogP contribution in [-0.2, 0) is 9.53 Å². The Morgan fingerprint density at radius 3 is 3.06 bits per heavy atom. The Kier molecular flexibility index (Phi) is 5.34. The lowest BCUT2D eigenvalue weighted by molar-refractivity contribution is -0.144. The number of hydrogen-bond acceptors (Lipinski definition) is 6. The second kappa shape index (κ2) is 6.55. The summed E-state index contributed by atoms with van der Waals surface area (Å²) in [4.78, 5) is 15.1. The molecular formula is C10H15NO4S. The van der Waals surface area contributed by atoms with Crippen LogP contribution in [0.15, 0.2) is 15.9 Å². The minimum atomic E-state index is -0.740. The van der Waals surface area contributed by atoms with Gasteiger partial charge < -0.3 is 14.3 Å². The quantitative estimate of drug-likeness (QED) is 0.603. The first kappa shape index (κ1) is 13.1. The number of aliphatic hydroxyl groups excluding tert-OH is 1. The van der Waals surface area contributed by atoms with Gasteiger partial charge in [-0.15, -0.1) is 0 Å². The molecule has 0 aliphatic heterocycles. The van der Waals surface area contributed by atoms with Gasteiger partial charge in [-0.1, -0.05) is 11.8 Å². The first-order valence-corrected chi connectivity index (χ1v) is 5.99. The summed E-state index contributed by atoms with van der Waals surface area (Å²) in [5.74, 6) is -0.0298. The van der Waals surface area contributed by atoms with Crippen molar-refractivity contribution in [2.75, 3.05) is 12.4 Å². The lowest BCUT2D eigenvalue weighted by atomic mass is 10.3. The number of esters is 1. The van der Waals surface area contributed by atoms with Gasteiger partial charge in [-0.25, -0.2) is 4.98 Å². The molecule has 0 saturated heterocycles. The maximum absolute atomic E-state index is 11.0. The van der Waals surface area contributed by atoms with Crippen molar-refractivity contribution in [1.29, 1.82) is 0 Å². The molecular weight excluding hydrogens is 230 g/mol. The molecule has 0 saturated carbocycles. The zero-order valence-electron chi connectivity index (χ0n) is 9.30. The number of thioether (sulfide) groups is 1. The molecule has 1 aromatic rings. The summed E-state index contributed by atoms with van der Waals surface area (Å²) < 4.78 is 9.81. The Balaban J connectivity index is 2.24. The maximum atomic E-state index is 11.0. The molecule has 16 heavy (non-hydrogen) atoms. The van der Waals surface area contributed by atoms with E-state index in [4.69, 9.17) is 9.15 Å². The van der Waals surface area contributed by atoms with Gasteiger partial charge in [0.05, 0.1) is 24.8 Å². The molecule has 0 fully saturated rings. The molecule has 6 heteroatoms. The number of aryl methyl sites for hydroxylation is 1. The van der Waals surface area contributed by atoms with Crippen molar-refractivity contribution in [2.45, 2.75) is 31.6 Å². The van der Waals surface area contributed by atoms with Crippen LogP contribution >= 0.6 is 11.8 Å². The second-order valence-corrected chi connectivity index (χ2v) is 4.20. The van der Waals surface area contributed by atoms with Crippen LogP contribution in [0.3, 0.4) is 0 Å². The van der Waals surface area contributed by atoms with E-state index in [0.717, 1.165) is 5.69 Å². The molecule has 5 nitrogen and oxygen atoms in total. The van der Waals surface area contributed by atoms with Crippen molar-refractivity contribution in [3.8, 4) is 0 Å². The van der Waals surface area contributed by atoms with Crippen molar-refractivity contribution in [3.05, 3.63) is 12.0 Å². The number of nitrogens with zero attached hydrogens (tertiary/aromatic N) is 1. The fourth-order valence-electron chi connectivity index (χ4n) is 1.04. The van der Waals surface area contributed by atoms with Gasteiger partial charge >= 0.3 is 5.97 Å². The van der Waals surface area contributed by atoms with Crippen molar-refractivity contribution in [2.24, 2.45) is 0 Å². The Labute approximate surface area is 98.2 Å². The van der Waals surface area contributed by atoms with Crippen molar-refractivity contribution in [3.63, 3.8) is 0 Å². The van der Waals surface area contributed by atoms with Crippen molar-refractivity contribution >= 4 is 17.7 Å². The normalized spacial score (nSPS) is 12.4. The number of oxazole rings is 1. The third-order valence-electron chi connectivity index (χ3n) is 1.70. The topological polar surface area (TPSA) is 72.6 Å². The van der Waals surface area contributed by atoms with Gasteiger partial charge in [-0.2, -0.15) is 0 Å². The Bertz CT molecular complexity index is 339. The smallest absolute Gasteiger partial charge is 0.308 e. The zero-order valence-corrected chi connectivity index (χ0v) is 10.1. The molecule has 0 aromatic carbocycles. The van der Waals surface area contributed by atoms with E-state index in [9.17, 15) is 9.90 Å². The van der Waals surface area contributed by atoms with Crippen molar-refractivity contribution < 1.29 is 19.1 Å². The van der Waals surface area contributed by atoms with E-state index < -0.39 is 6.10 Å². The molecule has 0 amide bonds. The molecule has 1 rings (SSSR count). The standard InChI is InChI=1S/C10H15NO4S/c1-3-14-9(13)4-8(12)6-16-10-11-7(2)5-15-10/h5,8,12H,3-4,6H2,1-2H3. The third kappa shape index (κ3) is 4.67. The highest BCUT2D eigenvalue weighted by atomic mass is 32.2. The van der Waals surface area contributed by atoms with Gasteiger partial charge in [0.1, 0.15) is 6.26 Å². The largest absolute Gasteiger partial charge is 0.466 e. The average Bonchev–Trinajstić information content (AvgIpc) is 2.61. The van der Waals surface area contributed by atoms with Crippen LogP contribution in [0.25, 0.3) is 0 Å². The van der Waals surface area contributed by atoms with E-state index in [1.807, 2.05) is 6.92 Å². The van der Waals surface area contributed by atoms with Crippen LogP contribution in [0, 0.1) is 6.92 Å². The lowest BCUT2D eigenvalue weighted by Crippen LogP contribution is -2.17. The number of aromatic nitrogens is 1. The number of carbonyl (C=O) groups excluding carboxylic acids is 1. The van der Waals surface area contributed by atoms with Gasteiger partial charge in [-0.3, -0.25) is 4.79 Å². The molecule has 1 aromatic heterocycles. The molecule has 1 atom stereocenters. The first-order chi connectivity index (χ1) is 7.61. The van der Waals surface area contributed by atoms with Crippen molar-refractivity contribution in [1.82, 2.24) is 4.98 Å². The van der Waals surface area contributed by atoms with E-state index in [2.05, 4.69) is 4.98 Å². The first-order valence-electron chi connectivity index (χ1n) is 5.00. The molecule has 0 bridgehead atoms. The van der Waals surface area contributed by atoms with E-state index in [-0.39, 0.29) is 12.4 Å². The van der Waals surface area contributed by atoms with Gasteiger partial charge in [-0.05, 0) is 13.8 Å². The Morgan fingerprint density at radius 2 is 2.50 bits per heavy atom. The third-order valence-corrected chi connectivity index (χ3v) is 2.69. The van der Waals surface area contributed by atoms with Crippen LogP contribution in [0.1, 0.15) is 19.0 Å². The fraction of sp³-hybridized carbons (Fsp3) is 0.600. The molecule has 0 radical (unpaired) electrons. The highest BCUT2D eigenvalue weighted by Gasteiger charge is 2.13. The van der Waals surface area contributed by atoms with E-state index >= 15 is 0 Å². The summed E-state index contributed by atoms with van der Waals surface area (Å²) in [6, 6.07) is 0. The SMILES string of the molecule is CCOC(=O)CC(O)CSc1nc(C)co1. The molecule has 90 valence electrons. The minimum absolute atomic E-state index is 0.000527. The molecule has 0 aliphatic rings. The minimum Gasteiger partial charge on any atom is -0.466 e. The second-order valence-electron chi connectivity index (χ2n) is 3.23. The summed E-state index contributed by atoms with van der Waals surface area (Å²) in [7, 11) is 0. The molecule has 1 N–H and O–H groups in total. The maximum Gasteiger partial charge on any atom is 0.308 e. The van der Waals surface area contributed by atoms with Crippen LogP contribution in [0.4, 0.5) is 0 Å². The summed E-state index contributed by atoms with van der Waals surface area (Å²) in [5.41, 5.74) is 0.794. The Morgan fingerprint density at radius 1 is 1.75 bits per heavy atom. The van der Waals surface area contributed by atoms with E-state index in [1.165, 1.54) is 11.8 Å². The Hall–Kier alpha value is -1.01. The number of carbonyl (C=O) groups is 1. The van der Waals surface area contributed by atoms with Gasteiger partial charge in [0.25, 0.3) is 5.22 Å². The number of hydrogen-bond donors (Lipinski definition) is 1. The molecule has 1 unspecified atom stereocenters. The molecule has 0 aliphatic carbocycles. The van der Waals surface area contributed by atoms with Gasteiger partial charge in [0, 0.05) is 5.75 Å². The zero-order chi connectivity index (χ0) is 12.0. The highest BCUT2D eigenvalue weighted by molar-refractivity contribution is 7.99. The molecule has 0 spiro atoms. The summed E-state index contributed by atoms with van der Waals surface area (Å²) in [5, 5.41) is 10.0. The summed E-state index contributed by atoms with van der Waals surface area (Å²) in [6.07, 6.45) is 0.803. The van der Waals surface area contributed by atoms with E-state index in [0.29, 0.717) is 17.6 Å². The van der Waals surface area contributed by atoms with Gasteiger partial charge in [0.15, 0.2) is 0 Å². The predicted octanol–water partition coefficient (Wildman–Crippen LogP) is 1.39. The van der Waals surface area contributed by atoms with Crippen LogP contribution in [-0.4, -0.2) is 34.5 Å². The highest BCUT2D eigenvalue weighted by Crippen LogP contribution is 2.18. The summed E-state index contributed by atoms with van der Waals surface area (Å²) >= 11 is 1.27. The summed E-state index contributed by atoms with van der Waals surface area (Å²) in [6.45, 7) is 3.88. The average molecular weight is 245 g/mol. The number of aliphatic hydroxyl groups is 1. The fourth-order valence-corrected chi connectivity index (χ4v) is 1.81. The number of rotatable bonds is 6.